The molecule has 4 heteroatoms. The molecular weight excluding hydrogens is 230 g/mol. The van der Waals surface area contributed by atoms with Crippen LogP contribution in [-0.4, -0.2) is 24.5 Å². The zero-order chi connectivity index (χ0) is 13.1. The quantitative estimate of drug-likeness (QED) is 0.778. The summed E-state index contributed by atoms with van der Waals surface area (Å²) in [6.45, 7) is 4.07. The molecule has 0 aromatic carbocycles. The minimum absolute atomic E-state index is 0.0337. The molecule has 1 amide bonds. The Morgan fingerprint density at radius 3 is 2.44 bits per heavy atom. The Labute approximate surface area is 108 Å². The van der Waals surface area contributed by atoms with Crippen LogP contribution in [0.15, 0.2) is 0 Å². The first-order chi connectivity index (χ1) is 8.58. The molecule has 0 radical (unpaired) electrons. The number of hydrogen-bond acceptors (Lipinski definition) is 3. The van der Waals surface area contributed by atoms with Gasteiger partial charge in [-0.15, -0.1) is 0 Å². The van der Waals surface area contributed by atoms with E-state index in [1.54, 1.807) is 0 Å². The minimum atomic E-state index is -0.214. The number of amides is 1. The van der Waals surface area contributed by atoms with Crippen molar-refractivity contribution in [2.24, 2.45) is 17.8 Å². The highest BCUT2D eigenvalue weighted by atomic mass is 16.5. The molecule has 0 aromatic rings. The zero-order valence-corrected chi connectivity index (χ0v) is 11.3. The number of carbonyl (C=O) groups is 2. The summed E-state index contributed by atoms with van der Waals surface area (Å²) in [5.41, 5.74) is 0. The molecule has 0 aliphatic heterocycles. The van der Waals surface area contributed by atoms with E-state index < -0.39 is 0 Å². The lowest BCUT2D eigenvalue weighted by Crippen LogP contribution is -2.43. The van der Waals surface area contributed by atoms with Crippen LogP contribution in [0.5, 0.6) is 0 Å². The molecule has 2 aliphatic rings. The number of nitrogens with one attached hydrogen (secondary N) is 1. The Kier molecular flexibility index (Phi) is 4.25. The molecule has 0 aromatic heterocycles. The second-order valence-electron chi connectivity index (χ2n) is 5.86. The van der Waals surface area contributed by atoms with E-state index in [1.807, 2.05) is 6.92 Å². The standard InChI is InChI=1S/C14H23NO3/c1-9-5-3-4-6-12(9)15-13(16)8-18-14(17)11-7-10(11)2/h9-12H,3-8H2,1-2H3,(H,15,16)/t9-,10-,11-,12+/m1/s1. The predicted octanol–water partition coefficient (Wildman–Crippen LogP) is 1.88. The van der Waals surface area contributed by atoms with E-state index in [-0.39, 0.29) is 30.4 Å². The molecule has 4 nitrogen and oxygen atoms in total. The van der Waals surface area contributed by atoms with Crippen molar-refractivity contribution in [3.8, 4) is 0 Å². The van der Waals surface area contributed by atoms with E-state index >= 15 is 0 Å². The SMILES string of the molecule is C[C@@H]1CCCC[C@@H]1NC(=O)COC(=O)[C@@H]1C[C@H]1C. The molecule has 0 spiro atoms. The van der Waals surface area contributed by atoms with Crippen LogP contribution >= 0.6 is 0 Å². The van der Waals surface area contributed by atoms with Gasteiger partial charge in [-0.1, -0.05) is 26.7 Å². The van der Waals surface area contributed by atoms with Crippen molar-refractivity contribution in [2.45, 2.75) is 52.0 Å². The highest BCUT2D eigenvalue weighted by Crippen LogP contribution is 2.38. The van der Waals surface area contributed by atoms with Crippen molar-refractivity contribution >= 4 is 11.9 Å². The summed E-state index contributed by atoms with van der Waals surface area (Å²) < 4.78 is 5.02. The van der Waals surface area contributed by atoms with Gasteiger partial charge in [-0.05, 0) is 31.1 Å². The summed E-state index contributed by atoms with van der Waals surface area (Å²) in [5.74, 6) is 0.622. The fourth-order valence-electron chi connectivity index (χ4n) is 2.67. The Hall–Kier alpha value is -1.06. The molecule has 18 heavy (non-hydrogen) atoms. The monoisotopic (exact) mass is 253 g/mol. The molecule has 0 heterocycles. The third-order valence-electron chi connectivity index (χ3n) is 4.22. The lowest BCUT2D eigenvalue weighted by molar-refractivity contribution is -0.150. The fourth-order valence-corrected chi connectivity index (χ4v) is 2.67. The van der Waals surface area contributed by atoms with Gasteiger partial charge >= 0.3 is 5.97 Å². The van der Waals surface area contributed by atoms with Crippen LogP contribution in [0.1, 0.15) is 46.0 Å². The first-order valence-corrected chi connectivity index (χ1v) is 7.04. The van der Waals surface area contributed by atoms with E-state index in [0.717, 1.165) is 12.8 Å². The maximum absolute atomic E-state index is 11.7. The van der Waals surface area contributed by atoms with E-state index in [0.29, 0.717) is 11.8 Å². The highest BCUT2D eigenvalue weighted by molar-refractivity contribution is 5.82. The summed E-state index contributed by atoms with van der Waals surface area (Å²) in [7, 11) is 0. The van der Waals surface area contributed by atoms with E-state index in [1.165, 1.54) is 19.3 Å². The summed E-state index contributed by atoms with van der Waals surface area (Å²) in [4.78, 5) is 23.2. The second-order valence-corrected chi connectivity index (χ2v) is 5.86. The number of esters is 1. The molecule has 0 bridgehead atoms. The molecule has 2 saturated carbocycles. The van der Waals surface area contributed by atoms with Gasteiger partial charge in [0.05, 0.1) is 5.92 Å². The Bertz CT molecular complexity index is 329. The third kappa shape index (κ3) is 3.47. The summed E-state index contributed by atoms with van der Waals surface area (Å²) in [6, 6.07) is 0.254. The average Bonchev–Trinajstić information content (AvgIpc) is 3.06. The molecule has 2 rings (SSSR count). The molecule has 0 saturated heterocycles. The molecule has 1 N–H and O–H groups in total. The normalized spacial score (nSPS) is 34.8. The van der Waals surface area contributed by atoms with E-state index in [9.17, 15) is 9.59 Å². The topological polar surface area (TPSA) is 55.4 Å². The van der Waals surface area contributed by atoms with Gasteiger partial charge < -0.3 is 10.1 Å². The van der Waals surface area contributed by atoms with Crippen molar-refractivity contribution in [3.05, 3.63) is 0 Å². The lowest BCUT2D eigenvalue weighted by atomic mass is 9.86. The number of carbonyl (C=O) groups excluding carboxylic acids is 2. The summed E-state index contributed by atoms with van der Waals surface area (Å²) in [5, 5.41) is 2.98. The van der Waals surface area contributed by atoms with Crippen LogP contribution in [-0.2, 0) is 14.3 Å². The van der Waals surface area contributed by atoms with Gasteiger partial charge in [0, 0.05) is 6.04 Å². The van der Waals surface area contributed by atoms with Crippen molar-refractivity contribution in [2.75, 3.05) is 6.61 Å². The smallest absolute Gasteiger partial charge is 0.309 e. The number of rotatable bonds is 4. The minimum Gasteiger partial charge on any atom is -0.455 e. The van der Waals surface area contributed by atoms with Crippen LogP contribution < -0.4 is 5.32 Å². The molecular formula is C14H23NO3. The zero-order valence-electron chi connectivity index (χ0n) is 11.3. The van der Waals surface area contributed by atoms with Crippen molar-refractivity contribution in [1.29, 1.82) is 0 Å². The van der Waals surface area contributed by atoms with Gasteiger partial charge in [0.15, 0.2) is 6.61 Å². The number of ether oxygens (including phenoxy) is 1. The predicted molar refractivity (Wildman–Crippen MR) is 67.8 cm³/mol. The van der Waals surface area contributed by atoms with Gasteiger partial charge in [0.1, 0.15) is 0 Å². The maximum atomic E-state index is 11.7. The van der Waals surface area contributed by atoms with Gasteiger partial charge in [0.2, 0.25) is 0 Å². The molecule has 0 unspecified atom stereocenters. The van der Waals surface area contributed by atoms with Crippen LogP contribution in [0.25, 0.3) is 0 Å². The molecule has 2 fully saturated rings. The average molecular weight is 253 g/mol. The van der Waals surface area contributed by atoms with Crippen molar-refractivity contribution in [1.82, 2.24) is 5.32 Å². The molecule has 4 atom stereocenters. The first-order valence-electron chi connectivity index (χ1n) is 7.04. The largest absolute Gasteiger partial charge is 0.455 e. The lowest BCUT2D eigenvalue weighted by Gasteiger charge is -2.29. The van der Waals surface area contributed by atoms with E-state index in [2.05, 4.69) is 12.2 Å². The van der Waals surface area contributed by atoms with Gasteiger partial charge in [-0.25, -0.2) is 0 Å². The first kappa shape index (κ1) is 13.4. The van der Waals surface area contributed by atoms with Crippen LogP contribution in [0.2, 0.25) is 0 Å². The summed E-state index contributed by atoms with van der Waals surface area (Å²) in [6.07, 6.45) is 5.54. The van der Waals surface area contributed by atoms with Gasteiger partial charge in [0.25, 0.3) is 5.91 Å². The van der Waals surface area contributed by atoms with Gasteiger partial charge in [-0.3, -0.25) is 9.59 Å². The third-order valence-corrected chi connectivity index (χ3v) is 4.22. The molecule has 2 aliphatic carbocycles. The van der Waals surface area contributed by atoms with Crippen LogP contribution in [0.4, 0.5) is 0 Å². The molecule has 102 valence electrons. The second kappa shape index (κ2) is 5.72. The highest BCUT2D eigenvalue weighted by Gasteiger charge is 2.40. The van der Waals surface area contributed by atoms with Crippen molar-refractivity contribution in [3.63, 3.8) is 0 Å². The summed E-state index contributed by atoms with van der Waals surface area (Å²) >= 11 is 0. The van der Waals surface area contributed by atoms with Crippen molar-refractivity contribution < 1.29 is 14.3 Å². The fraction of sp³-hybridized carbons (Fsp3) is 0.857. The van der Waals surface area contributed by atoms with Crippen LogP contribution in [0, 0.1) is 17.8 Å². The van der Waals surface area contributed by atoms with E-state index in [4.69, 9.17) is 4.74 Å². The Balaban J connectivity index is 1.66. The Morgan fingerprint density at radius 2 is 1.83 bits per heavy atom. The van der Waals surface area contributed by atoms with Gasteiger partial charge in [-0.2, -0.15) is 0 Å². The number of hydrogen-bond donors (Lipinski definition) is 1. The Morgan fingerprint density at radius 1 is 1.17 bits per heavy atom. The maximum Gasteiger partial charge on any atom is 0.309 e. The van der Waals surface area contributed by atoms with Crippen LogP contribution in [0.3, 0.4) is 0 Å².